The van der Waals surface area contributed by atoms with Crippen LogP contribution in [0.2, 0.25) is 0 Å². The predicted molar refractivity (Wildman–Crippen MR) is 122 cm³/mol. The molecule has 6 heteroatoms. The second-order valence-electron chi connectivity index (χ2n) is 8.06. The Labute approximate surface area is 180 Å². The van der Waals surface area contributed by atoms with E-state index in [9.17, 15) is 0 Å². The van der Waals surface area contributed by atoms with Gasteiger partial charge in [0, 0.05) is 36.6 Å². The van der Waals surface area contributed by atoms with Gasteiger partial charge in [-0.3, -0.25) is 0 Å². The normalized spacial score (nSPS) is 17.4. The van der Waals surface area contributed by atoms with E-state index in [0.717, 1.165) is 59.5 Å². The van der Waals surface area contributed by atoms with Crippen LogP contribution in [0.3, 0.4) is 0 Å². The highest BCUT2D eigenvalue weighted by Crippen LogP contribution is 2.34. The summed E-state index contributed by atoms with van der Waals surface area (Å²) in [4.78, 5) is 15.9. The average molecular weight is 452 g/mol. The molecule has 1 fully saturated rings. The first-order valence-corrected chi connectivity index (χ1v) is 10.9. The highest BCUT2D eigenvalue weighted by molar-refractivity contribution is 9.10. The van der Waals surface area contributed by atoms with E-state index in [1.54, 1.807) is 0 Å². The molecule has 0 radical (unpaired) electrons. The van der Waals surface area contributed by atoms with Crippen molar-refractivity contribution in [1.82, 2.24) is 14.5 Å². The topological polar surface area (TPSA) is 38.3 Å². The van der Waals surface area contributed by atoms with E-state index in [2.05, 4.69) is 69.3 Å². The molecule has 3 aromatic rings. The van der Waals surface area contributed by atoms with Gasteiger partial charge < -0.3 is 14.3 Å². The minimum atomic E-state index is 0.136. The van der Waals surface area contributed by atoms with Crippen LogP contribution in [0, 0.1) is 34.3 Å². The summed E-state index contributed by atoms with van der Waals surface area (Å²) in [5.41, 5.74) is 5.74. The van der Waals surface area contributed by atoms with Crippen LogP contribution in [0.1, 0.15) is 41.8 Å². The third kappa shape index (κ3) is 3.64. The summed E-state index contributed by atoms with van der Waals surface area (Å²) in [5, 5.41) is 1.12. The van der Waals surface area contributed by atoms with Crippen molar-refractivity contribution in [3.8, 4) is 5.69 Å². The molecular formula is C23H26BrN5. The van der Waals surface area contributed by atoms with E-state index in [1.807, 2.05) is 6.92 Å². The Morgan fingerprint density at radius 3 is 2.45 bits per heavy atom. The Balaban J connectivity index is 1.89. The summed E-state index contributed by atoms with van der Waals surface area (Å²) in [6.07, 6.45) is 5.09. The zero-order valence-corrected chi connectivity index (χ0v) is 19.0. The standard InChI is InChI=1S/C23H26BrN5/c1-14-11-18(24)12-15(2)21(14)29-13-16(3)20-22(26-17(4)27-23(20)29)28-9-6-7-19(25-5)8-10-28/h11-13,19H,6-10H2,1-4H3. The Kier molecular flexibility index (Phi) is 5.35. The maximum Gasteiger partial charge on any atom is 0.225 e. The van der Waals surface area contributed by atoms with Gasteiger partial charge in [-0.1, -0.05) is 15.9 Å². The molecule has 1 atom stereocenters. The van der Waals surface area contributed by atoms with Gasteiger partial charge in [0.2, 0.25) is 6.04 Å². The second-order valence-corrected chi connectivity index (χ2v) is 8.98. The van der Waals surface area contributed by atoms with E-state index >= 15 is 0 Å². The minimum Gasteiger partial charge on any atom is -0.356 e. The number of hydrogen-bond donors (Lipinski definition) is 0. The van der Waals surface area contributed by atoms with Crippen molar-refractivity contribution in [2.75, 3.05) is 18.0 Å². The lowest BCUT2D eigenvalue weighted by Crippen LogP contribution is -2.26. The quantitative estimate of drug-likeness (QED) is 0.469. The van der Waals surface area contributed by atoms with E-state index < -0.39 is 0 Å². The lowest BCUT2D eigenvalue weighted by atomic mass is 10.1. The summed E-state index contributed by atoms with van der Waals surface area (Å²) in [6, 6.07) is 4.44. The van der Waals surface area contributed by atoms with Crippen LogP contribution in [-0.4, -0.2) is 33.7 Å². The van der Waals surface area contributed by atoms with Gasteiger partial charge in [-0.05, 0) is 62.9 Å². The maximum atomic E-state index is 7.39. The molecule has 0 aliphatic carbocycles. The summed E-state index contributed by atoms with van der Waals surface area (Å²) in [7, 11) is 0. The van der Waals surface area contributed by atoms with Crippen LogP contribution in [0.25, 0.3) is 21.6 Å². The fourth-order valence-electron chi connectivity index (χ4n) is 4.49. The summed E-state index contributed by atoms with van der Waals surface area (Å²) < 4.78 is 3.31. The Morgan fingerprint density at radius 2 is 1.76 bits per heavy atom. The lowest BCUT2D eigenvalue weighted by molar-refractivity contribution is 0.675. The molecule has 3 heterocycles. The van der Waals surface area contributed by atoms with Gasteiger partial charge >= 0.3 is 0 Å². The zero-order valence-electron chi connectivity index (χ0n) is 17.5. The Bertz CT molecular complexity index is 1100. The molecule has 1 unspecified atom stereocenters. The van der Waals surface area contributed by atoms with Gasteiger partial charge in [0.15, 0.2) is 5.65 Å². The van der Waals surface area contributed by atoms with E-state index in [1.165, 1.54) is 22.4 Å². The number of halogens is 1. The lowest BCUT2D eigenvalue weighted by Gasteiger charge is -2.22. The minimum absolute atomic E-state index is 0.136. The third-order valence-electron chi connectivity index (χ3n) is 5.80. The zero-order chi connectivity index (χ0) is 20.7. The van der Waals surface area contributed by atoms with Crippen LogP contribution in [-0.2, 0) is 0 Å². The molecule has 0 saturated carbocycles. The van der Waals surface area contributed by atoms with Crippen molar-refractivity contribution < 1.29 is 0 Å². The molecule has 0 amide bonds. The van der Waals surface area contributed by atoms with Crippen LogP contribution in [0.5, 0.6) is 0 Å². The molecule has 0 N–H and O–H groups in total. The molecule has 1 saturated heterocycles. The van der Waals surface area contributed by atoms with Crippen LogP contribution >= 0.6 is 15.9 Å². The molecule has 5 nitrogen and oxygen atoms in total. The maximum absolute atomic E-state index is 7.39. The smallest absolute Gasteiger partial charge is 0.225 e. The predicted octanol–water partition coefficient (Wildman–Crippen LogP) is 5.69. The summed E-state index contributed by atoms with van der Waals surface area (Å²) in [5.74, 6) is 1.80. The highest BCUT2D eigenvalue weighted by atomic mass is 79.9. The fourth-order valence-corrected chi connectivity index (χ4v) is 5.18. The molecule has 4 rings (SSSR count). The average Bonchev–Trinajstić information content (AvgIpc) is 2.84. The van der Waals surface area contributed by atoms with Crippen molar-refractivity contribution >= 4 is 32.8 Å². The first kappa shape index (κ1) is 19.9. The van der Waals surface area contributed by atoms with Crippen molar-refractivity contribution in [2.45, 2.75) is 53.0 Å². The van der Waals surface area contributed by atoms with Crippen LogP contribution in [0.4, 0.5) is 5.82 Å². The van der Waals surface area contributed by atoms with Crippen LogP contribution in [0.15, 0.2) is 22.8 Å². The van der Waals surface area contributed by atoms with E-state index in [-0.39, 0.29) is 6.04 Å². The molecular weight excluding hydrogens is 426 g/mol. The number of benzene rings is 1. The van der Waals surface area contributed by atoms with Gasteiger partial charge in [0.1, 0.15) is 11.6 Å². The molecule has 0 bridgehead atoms. The van der Waals surface area contributed by atoms with Gasteiger partial charge in [0.25, 0.3) is 0 Å². The van der Waals surface area contributed by atoms with Gasteiger partial charge in [-0.25, -0.2) is 16.5 Å². The van der Waals surface area contributed by atoms with Gasteiger partial charge in [-0.2, -0.15) is 0 Å². The van der Waals surface area contributed by atoms with Crippen molar-refractivity contribution in [1.29, 1.82) is 0 Å². The molecule has 0 spiro atoms. The largest absolute Gasteiger partial charge is 0.356 e. The summed E-state index contributed by atoms with van der Waals surface area (Å²) >= 11 is 3.61. The number of nitrogens with zero attached hydrogens (tertiary/aromatic N) is 5. The van der Waals surface area contributed by atoms with Gasteiger partial charge in [-0.15, -0.1) is 0 Å². The summed E-state index contributed by atoms with van der Waals surface area (Å²) in [6.45, 7) is 17.6. The first-order chi connectivity index (χ1) is 13.9. The number of anilines is 1. The van der Waals surface area contributed by atoms with Gasteiger partial charge in [0.05, 0.1) is 11.1 Å². The molecule has 2 aromatic heterocycles. The third-order valence-corrected chi connectivity index (χ3v) is 6.26. The molecule has 1 aliphatic rings. The molecule has 1 aliphatic heterocycles. The van der Waals surface area contributed by atoms with Crippen LogP contribution < -0.4 is 4.90 Å². The Morgan fingerprint density at radius 1 is 1.03 bits per heavy atom. The molecule has 29 heavy (non-hydrogen) atoms. The number of hydrogen-bond acceptors (Lipinski definition) is 3. The van der Waals surface area contributed by atoms with Crippen molar-refractivity contribution in [2.24, 2.45) is 0 Å². The van der Waals surface area contributed by atoms with E-state index in [0.29, 0.717) is 0 Å². The van der Waals surface area contributed by atoms with E-state index in [4.69, 9.17) is 16.5 Å². The molecule has 1 aromatic carbocycles. The number of rotatable bonds is 2. The molecule has 150 valence electrons. The Hall–Kier alpha value is -2.39. The van der Waals surface area contributed by atoms with Crippen molar-refractivity contribution in [3.63, 3.8) is 0 Å². The number of fused-ring (bicyclic) bond motifs is 1. The van der Waals surface area contributed by atoms with Crippen molar-refractivity contribution in [3.05, 3.63) is 56.7 Å². The second kappa shape index (κ2) is 7.79. The SMILES string of the molecule is [C-]#[N+]C1CCCN(c2nc(C)nc3c2c(C)cn3-c2c(C)cc(Br)cc2C)CC1. The highest BCUT2D eigenvalue weighted by Gasteiger charge is 2.25. The number of aromatic nitrogens is 3. The monoisotopic (exact) mass is 451 g/mol. The first-order valence-electron chi connectivity index (χ1n) is 10.1. The fraction of sp³-hybridized carbons (Fsp3) is 0.435. The number of aryl methyl sites for hydroxylation is 4.